The molecular formula is C24H23FN4O5S. The van der Waals surface area contributed by atoms with Crippen LogP contribution in [0.3, 0.4) is 0 Å². The summed E-state index contributed by atoms with van der Waals surface area (Å²) in [7, 11) is -1.58. The Kier molecular flexibility index (Phi) is 6.87. The van der Waals surface area contributed by atoms with Gasteiger partial charge >= 0.3 is 0 Å². The number of hydrogen-bond donors (Lipinski definition) is 2. The van der Waals surface area contributed by atoms with Crippen molar-refractivity contribution in [2.75, 3.05) is 25.5 Å². The molecule has 0 aliphatic carbocycles. The van der Waals surface area contributed by atoms with Crippen molar-refractivity contribution in [2.45, 2.75) is 11.3 Å². The number of fused-ring (bicyclic) bond motifs is 1. The van der Waals surface area contributed by atoms with Gasteiger partial charge in [0.1, 0.15) is 11.5 Å². The molecule has 9 nitrogen and oxygen atoms in total. The van der Waals surface area contributed by atoms with E-state index >= 15 is 0 Å². The molecule has 0 spiro atoms. The van der Waals surface area contributed by atoms with Gasteiger partial charge in [-0.05, 0) is 30.3 Å². The first kappa shape index (κ1) is 24.0. The highest BCUT2D eigenvalue weighted by molar-refractivity contribution is 7.92. The summed E-state index contributed by atoms with van der Waals surface area (Å²) >= 11 is 0. The van der Waals surface area contributed by atoms with Gasteiger partial charge in [-0.3, -0.25) is 9.52 Å². The molecule has 0 atom stereocenters. The molecule has 182 valence electrons. The molecule has 0 unspecified atom stereocenters. The van der Waals surface area contributed by atoms with Crippen LogP contribution >= 0.6 is 0 Å². The van der Waals surface area contributed by atoms with Gasteiger partial charge in [0.15, 0.2) is 11.5 Å². The number of aromatic nitrogens is 2. The second-order valence-corrected chi connectivity index (χ2v) is 9.18. The molecule has 0 aliphatic rings. The van der Waals surface area contributed by atoms with Gasteiger partial charge < -0.3 is 19.2 Å². The quantitative estimate of drug-likeness (QED) is 0.367. The van der Waals surface area contributed by atoms with Gasteiger partial charge in [0.2, 0.25) is 0 Å². The molecule has 0 radical (unpaired) electrons. The second-order valence-electron chi connectivity index (χ2n) is 7.50. The van der Waals surface area contributed by atoms with Crippen LogP contribution in [0.25, 0.3) is 5.65 Å². The van der Waals surface area contributed by atoms with E-state index in [4.69, 9.17) is 9.47 Å². The summed E-state index contributed by atoms with van der Waals surface area (Å²) in [5.74, 6) is -1.19. The number of pyridine rings is 1. The van der Waals surface area contributed by atoms with Crippen LogP contribution in [-0.2, 0) is 16.4 Å². The molecule has 11 heteroatoms. The average molecular weight is 499 g/mol. The van der Waals surface area contributed by atoms with E-state index in [2.05, 4.69) is 15.0 Å². The zero-order chi connectivity index (χ0) is 25.0. The summed E-state index contributed by atoms with van der Waals surface area (Å²) in [4.78, 5) is 17.2. The number of carbonyl (C=O) groups is 1. The Balaban J connectivity index is 1.57. The molecular weight excluding hydrogens is 475 g/mol. The Morgan fingerprint density at radius 3 is 2.57 bits per heavy atom. The van der Waals surface area contributed by atoms with Crippen molar-refractivity contribution in [2.24, 2.45) is 0 Å². The number of para-hydroxylation sites is 1. The van der Waals surface area contributed by atoms with Crippen LogP contribution < -0.4 is 19.5 Å². The fourth-order valence-electron chi connectivity index (χ4n) is 3.52. The number of ether oxygens (including phenoxy) is 2. The summed E-state index contributed by atoms with van der Waals surface area (Å²) in [6.45, 7) is 0.249. The van der Waals surface area contributed by atoms with Crippen molar-refractivity contribution >= 4 is 27.3 Å². The Hall–Kier alpha value is -4.12. The maximum Gasteiger partial charge on any atom is 0.262 e. The van der Waals surface area contributed by atoms with Gasteiger partial charge in [0, 0.05) is 31.4 Å². The maximum atomic E-state index is 14.0. The van der Waals surface area contributed by atoms with E-state index < -0.39 is 21.7 Å². The molecule has 0 bridgehead atoms. The number of nitrogens with one attached hydrogen (secondary N) is 2. The Bertz CT molecular complexity index is 1450. The van der Waals surface area contributed by atoms with Crippen molar-refractivity contribution in [3.05, 3.63) is 84.1 Å². The van der Waals surface area contributed by atoms with Crippen molar-refractivity contribution < 1.29 is 27.1 Å². The van der Waals surface area contributed by atoms with Crippen LogP contribution in [-0.4, -0.2) is 44.5 Å². The lowest BCUT2D eigenvalue weighted by Gasteiger charge is -2.16. The average Bonchev–Trinajstić information content (AvgIpc) is 3.27. The van der Waals surface area contributed by atoms with E-state index in [9.17, 15) is 17.6 Å². The molecule has 1 amide bonds. The standard InChI is InChI=1S/C24H23FN4O5S/c1-33-21-14-17(35(31,32)28-20-8-4-3-7-19(20)25)13-18(23(21)34-2)24(30)26-11-10-16-15-29-12-6-5-9-22(29)27-16/h3-9,12-15,28H,10-11H2,1-2H3,(H,26,30). The summed E-state index contributed by atoms with van der Waals surface area (Å²) in [5, 5.41) is 2.76. The molecule has 4 rings (SSSR count). The van der Waals surface area contributed by atoms with Gasteiger partial charge in [-0.1, -0.05) is 18.2 Å². The van der Waals surface area contributed by atoms with Gasteiger partial charge in [-0.25, -0.2) is 17.8 Å². The number of amides is 1. The molecule has 2 aromatic carbocycles. The molecule has 0 aliphatic heterocycles. The zero-order valence-corrected chi connectivity index (χ0v) is 19.8. The summed E-state index contributed by atoms with van der Waals surface area (Å²) in [6, 6.07) is 13.4. The SMILES string of the molecule is COc1cc(S(=O)(=O)Nc2ccccc2F)cc(C(=O)NCCc2cn3ccccc3n2)c1OC. The summed E-state index contributed by atoms with van der Waals surface area (Å²) in [5.41, 5.74) is 1.31. The topological polar surface area (TPSA) is 111 Å². The number of imidazole rings is 1. The molecule has 0 saturated carbocycles. The zero-order valence-electron chi connectivity index (χ0n) is 19.0. The lowest BCUT2D eigenvalue weighted by Crippen LogP contribution is -2.27. The molecule has 0 saturated heterocycles. The van der Waals surface area contributed by atoms with Crippen LogP contribution in [0.4, 0.5) is 10.1 Å². The second kappa shape index (κ2) is 10.0. The maximum absolute atomic E-state index is 14.0. The molecule has 2 aromatic heterocycles. The van der Waals surface area contributed by atoms with E-state index in [0.717, 1.165) is 23.5 Å². The van der Waals surface area contributed by atoms with Crippen LogP contribution in [0.1, 0.15) is 16.1 Å². The number of sulfonamides is 1. The van der Waals surface area contributed by atoms with E-state index in [0.29, 0.717) is 6.42 Å². The first-order valence-electron chi connectivity index (χ1n) is 10.6. The third-order valence-corrected chi connectivity index (χ3v) is 6.55. The van der Waals surface area contributed by atoms with Crippen LogP contribution in [0, 0.1) is 5.82 Å². The van der Waals surface area contributed by atoms with Gasteiger partial charge in [0.05, 0.1) is 36.1 Å². The van der Waals surface area contributed by atoms with E-state index in [1.54, 1.807) is 0 Å². The molecule has 35 heavy (non-hydrogen) atoms. The number of nitrogens with zero attached hydrogens (tertiary/aromatic N) is 2. The Morgan fingerprint density at radius 2 is 1.86 bits per heavy atom. The number of methoxy groups -OCH3 is 2. The fourth-order valence-corrected chi connectivity index (χ4v) is 4.63. The highest BCUT2D eigenvalue weighted by Gasteiger charge is 2.25. The lowest BCUT2D eigenvalue weighted by molar-refractivity contribution is 0.0950. The molecule has 2 heterocycles. The predicted octanol–water partition coefficient (Wildman–Crippen LogP) is 3.26. The summed E-state index contributed by atoms with van der Waals surface area (Å²) in [6.07, 6.45) is 4.20. The first-order chi connectivity index (χ1) is 16.8. The largest absolute Gasteiger partial charge is 0.493 e. The van der Waals surface area contributed by atoms with E-state index in [1.165, 1.54) is 38.5 Å². The van der Waals surface area contributed by atoms with Crippen LogP contribution in [0.5, 0.6) is 11.5 Å². The first-order valence-corrected chi connectivity index (χ1v) is 12.0. The molecule has 0 fully saturated rings. The minimum absolute atomic E-state index is 0.0365. The third kappa shape index (κ3) is 5.19. The van der Waals surface area contributed by atoms with Crippen molar-refractivity contribution in [1.82, 2.24) is 14.7 Å². The number of hydrogen-bond acceptors (Lipinski definition) is 6. The molecule has 2 N–H and O–H groups in total. The van der Waals surface area contributed by atoms with E-state index in [-0.39, 0.29) is 34.2 Å². The van der Waals surface area contributed by atoms with Crippen molar-refractivity contribution in [1.29, 1.82) is 0 Å². The van der Waals surface area contributed by atoms with Gasteiger partial charge in [-0.15, -0.1) is 0 Å². The number of rotatable bonds is 9. The third-order valence-electron chi connectivity index (χ3n) is 5.21. The Morgan fingerprint density at radius 1 is 1.09 bits per heavy atom. The van der Waals surface area contributed by atoms with Gasteiger partial charge in [0.25, 0.3) is 15.9 Å². The highest BCUT2D eigenvalue weighted by atomic mass is 32.2. The van der Waals surface area contributed by atoms with Crippen molar-refractivity contribution in [3.63, 3.8) is 0 Å². The summed E-state index contributed by atoms with van der Waals surface area (Å²) < 4.78 is 54.6. The minimum atomic E-state index is -4.25. The Labute approximate surface area is 201 Å². The smallest absolute Gasteiger partial charge is 0.262 e. The van der Waals surface area contributed by atoms with Crippen LogP contribution in [0.2, 0.25) is 0 Å². The fraction of sp³-hybridized carbons (Fsp3) is 0.167. The normalized spacial score (nSPS) is 11.3. The lowest BCUT2D eigenvalue weighted by atomic mass is 10.1. The highest BCUT2D eigenvalue weighted by Crippen LogP contribution is 2.35. The number of halogens is 1. The monoisotopic (exact) mass is 498 g/mol. The number of carbonyl (C=O) groups excluding carboxylic acids is 1. The number of anilines is 1. The predicted molar refractivity (Wildman–Crippen MR) is 128 cm³/mol. The van der Waals surface area contributed by atoms with E-state index in [1.807, 2.05) is 35.0 Å². The minimum Gasteiger partial charge on any atom is -0.493 e. The van der Waals surface area contributed by atoms with Crippen LogP contribution in [0.15, 0.2) is 71.9 Å². The molecule has 4 aromatic rings. The van der Waals surface area contributed by atoms with Crippen molar-refractivity contribution in [3.8, 4) is 11.5 Å². The number of benzene rings is 2. The van der Waals surface area contributed by atoms with Gasteiger partial charge in [-0.2, -0.15) is 0 Å².